The molecule has 0 aromatic heterocycles. The fraction of sp³-hybridized carbons (Fsp3) is 0.417. The van der Waals surface area contributed by atoms with E-state index >= 15 is 0 Å². The number of rotatable bonds is 5. The lowest BCUT2D eigenvalue weighted by molar-refractivity contribution is -0.157. The van der Waals surface area contributed by atoms with Crippen LogP contribution >= 0.6 is 0 Å². The summed E-state index contributed by atoms with van der Waals surface area (Å²) in [5.41, 5.74) is -1.99. The number of carboxylic acid groups (broad SMARTS) is 1. The lowest BCUT2D eigenvalue weighted by atomic mass is 9.94. The summed E-state index contributed by atoms with van der Waals surface area (Å²) in [5.74, 6) is -0.470. The van der Waals surface area contributed by atoms with Gasteiger partial charge in [-0.1, -0.05) is 0 Å². The molecule has 1 aromatic carbocycles. The van der Waals surface area contributed by atoms with Gasteiger partial charge in [-0.3, -0.25) is 0 Å². The minimum Gasteiger partial charge on any atom is -0.496 e. The van der Waals surface area contributed by atoms with Crippen molar-refractivity contribution in [1.82, 2.24) is 0 Å². The second-order valence-corrected chi connectivity index (χ2v) is 3.78. The first kappa shape index (κ1) is 14.1. The Morgan fingerprint density at radius 1 is 1.06 bits per heavy atom. The zero-order valence-corrected chi connectivity index (χ0v) is 10.7. The van der Waals surface area contributed by atoms with Crippen LogP contribution in [0.2, 0.25) is 0 Å². The standard InChI is InChI=1S/C12H16O6/c1-12(15,11(13)14)7-5-9(17-3)10(18-4)6-8(7)16-2/h5-6,15H,1-4H3,(H,13,14). The van der Waals surface area contributed by atoms with Crippen molar-refractivity contribution in [3.63, 3.8) is 0 Å². The van der Waals surface area contributed by atoms with Crippen LogP contribution in [-0.4, -0.2) is 37.5 Å². The Morgan fingerprint density at radius 3 is 1.89 bits per heavy atom. The van der Waals surface area contributed by atoms with Gasteiger partial charge in [0, 0.05) is 11.6 Å². The molecular weight excluding hydrogens is 240 g/mol. The van der Waals surface area contributed by atoms with Crippen molar-refractivity contribution in [1.29, 1.82) is 0 Å². The van der Waals surface area contributed by atoms with Gasteiger partial charge in [0.2, 0.25) is 0 Å². The van der Waals surface area contributed by atoms with E-state index in [1.54, 1.807) is 0 Å². The Morgan fingerprint density at radius 2 is 1.50 bits per heavy atom. The molecule has 6 heteroatoms. The first-order valence-corrected chi connectivity index (χ1v) is 5.14. The second-order valence-electron chi connectivity index (χ2n) is 3.78. The van der Waals surface area contributed by atoms with E-state index in [4.69, 9.17) is 19.3 Å². The summed E-state index contributed by atoms with van der Waals surface area (Å²) in [7, 11) is 4.25. The van der Waals surface area contributed by atoms with Crippen LogP contribution in [0.4, 0.5) is 0 Å². The van der Waals surface area contributed by atoms with Crippen LogP contribution in [0.3, 0.4) is 0 Å². The SMILES string of the molecule is COc1cc(OC)c(C(C)(O)C(=O)O)cc1OC. The molecule has 2 N–H and O–H groups in total. The maximum Gasteiger partial charge on any atom is 0.340 e. The third kappa shape index (κ3) is 2.33. The predicted molar refractivity (Wildman–Crippen MR) is 63.3 cm³/mol. The summed E-state index contributed by atoms with van der Waals surface area (Å²) >= 11 is 0. The van der Waals surface area contributed by atoms with E-state index in [0.717, 1.165) is 0 Å². The first-order valence-electron chi connectivity index (χ1n) is 5.14. The number of hydrogen-bond acceptors (Lipinski definition) is 5. The van der Waals surface area contributed by atoms with Crippen molar-refractivity contribution in [2.45, 2.75) is 12.5 Å². The average molecular weight is 256 g/mol. The minimum absolute atomic E-state index is 0.0927. The summed E-state index contributed by atoms with van der Waals surface area (Å²) in [6.07, 6.45) is 0. The molecule has 0 spiro atoms. The number of ether oxygens (including phenoxy) is 3. The second kappa shape index (κ2) is 5.14. The molecular formula is C12H16O6. The summed E-state index contributed by atoms with van der Waals surface area (Å²) in [6, 6.07) is 2.84. The highest BCUT2D eigenvalue weighted by Gasteiger charge is 2.36. The Balaban J connectivity index is 3.48. The van der Waals surface area contributed by atoms with E-state index in [0.29, 0.717) is 11.5 Å². The molecule has 1 atom stereocenters. The van der Waals surface area contributed by atoms with Gasteiger partial charge in [-0.15, -0.1) is 0 Å². The summed E-state index contributed by atoms with van der Waals surface area (Å²) in [6.45, 7) is 1.17. The normalized spacial score (nSPS) is 13.6. The van der Waals surface area contributed by atoms with Crippen molar-refractivity contribution < 1.29 is 29.2 Å². The highest BCUT2D eigenvalue weighted by atomic mass is 16.5. The van der Waals surface area contributed by atoms with Gasteiger partial charge in [-0.05, 0) is 13.0 Å². The summed E-state index contributed by atoms with van der Waals surface area (Å²) in [4.78, 5) is 11.1. The number of benzene rings is 1. The topological polar surface area (TPSA) is 85.2 Å². The number of carboxylic acids is 1. The largest absolute Gasteiger partial charge is 0.496 e. The lowest BCUT2D eigenvalue weighted by Gasteiger charge is -2.22. The number of aliphatic hydroxyl groups is 1. The molecule has 1 rings (SSSR count). The van der Waals surface area contributed by atoms with Gasteiger partial charge in [0.15, 0.2) is 17.1 Å². The molecule has 0 heterocycles. The molecule has 0 aliphatic carbocycles. The van der Waals surface area contributed by atoms with Gasteiger partial charge in [0.1, 0.15) is 5.75 Å². The fourth-order valence-corrected chi connectivity index (χ4v) is 1.52. The third-order valence-corrected chi connectivity index (χ3v) is 2.65. The van der Waals surface area contributed by atoms with Crippen LogP contribution in [-0.2, 0) is 10.4 Å². The molecule has 0 bridgehead atoms. The quantitative estimate of drug-likeness (QED) is 0.817. The Hall–Kier alpha value is -1.95. The molecule has 1 aromatic rings. The van der Waals surface area contributed by atoms with Gasteiger partial charge >= 0.3 is 5.97 Å². The molecule has 18 heavy (non-hydrogen) atoms. The van der Waals surface area contributed by atoms with E-state index < -0.39 is 11.6 Å². The van der Waals surface area contributed by atoms with Gasteiger partial charge in [-0.25, -0.2) is 4.79 Å². The van der Waals surface area contributed by atoms with E-state index in [-0.39, 0.29) is 11.3 Å². The average Bonchev–Trinajstić information content (AvgIpc) is 2.36. The van der Waals surface area contributed by atoms with Crippen molar-refractivity contribution in [3.8, 4) is 17.2 Å². The number of carbonyl (C=O) groups is 1. The first-order chi connectivity index (χ1) is 8.38. The number of hydrogen-bond donors (Lipinski definition) is 2. The van der Waals surface area contributed by atoms with Gasteiger partial charge < -0.3 is 24.4 Å². The zero-order chi connectivity index (χ0) is 13.9. The van der Waals surface area contributed by atoms with Gasteiger partial charge in [-0.2, -0.15) is 0 Å². The Labute approximate surface area is 105 Å². The van der Waals surface area contributed by atoms with Crippen LogP contribution in [0.25, 0.3) is 0 Å². The molecule has 0 aliphatic rings. The zero-order valence-electron chi connectivity index (χ0n) is 10.7. The van der Waals surface area contributed by atoms with Crippen LogP contribution in [0.5, 0.6) is 17.2 Å². The van der Waals surface area contributed by atoms with E-state index in [1.807, 2.05) is 0 Å². The highest BCUT2D eigenvalue weighted by molar-refractivity contribution is 5.80. The van der Waals surface area contributed by atoms with Crippen molar-refractivity contribution in [2.24, 2.45) is 0 Å². The molecule has 0 saturated carbocycles. The van der Waals surface area contributed by atoms with E-state index in [2.05, 4.69) is 0 Å². The summed E-state index contributed by atoms with van der Waals surface area (Å²) < 4.78 is 15.2. The maximum absolute atomic E-state index is 11.1. The van der Waals surface area contributed by atoms with E-state index in [9.17, 15) is 9.90 Å². The minimum atomic E-state index is -2.08. The van der Waals surface area contributed by atoms with Crippen molar-refractivity contribution in [3.05, 3.63) is 17.7 Å². The Kier molecular flexibility index (Phi) is 4.03. The van der Waals surface area contributed by atoms with Crippen LogP contribution in [0.15, 0.2) is 12.1 Å². The predicted octanol–water partition coefficient (Wildman–Crippen LogP) is 1.00. The molecule has 6 nitrogen and oxygen atoms in total. The van der Waals surface area contributed by atoms with E-state index in [1.165, 1.54) is 40.4 Å². The maximum atomic E-state index is 11.1. The van der Waals surface area contributed by atoms with Crippen LogP contribution < -0.4 is 14.2 Å². The molecule has 0 saturated heterocycles. The molecule has 0 fully saturated rings. The smallest absolute Gasteiger partial charge is 0.340 e. The monoisotopic (exact) mass is 256 g/mol. The lowest BCUT2D eigenvalue weighted by Crippen LogP contribution is -2.32. The van der Waals surface area contributed by atoms with Gasteiger partial charge in [0.25, 0.3) is 0 Å². The fourth-order valence-electron chi connectivity index (χ4n) is 1.52. The molecule has 100 valence electrons. The highest BCUT2D eigenvalue weighted by Crippen LogP contribution is 2.39. The number of methoxy groups -OCH3 is 3. The Bertz CT molecular complexity index is 452. The number of aliphatic carboxylic acids is 1. The molecule has 0 aliphatic heterocycles. The summed E-state index contributed by atoms with van der Waals surface area (Å²) in [5, 5.41) is 19.0. The third-order valence-electron chi connectivity index (χ3n) is 2.65. The molecule has 0 amide bonds. The van der Waals surface area contributed by atoms with Crippen LogP contribution in [0, 0.1) is 0 Å². The molecule has 0 radical (unpaired) electrons. The van der Waals surface area contributed by atoms with Crippen LogP contribution in [0.1, 0.15) is 12.5 Å². The van der Waals surface area contributed by atoms with Crippen molar-refractivity contribution in [2.75, 3.05) is 21.3 Å². The van der Waals surface area contributed by atoms with Crippen molar-refractivity contribution >= 4 is 5.97 Å². The van der Waals surface area contributed by atoms with Gasteiger partial charge in [0.05, 0.1) is 21.3 Å². The molecule has 1 unspecified atom stereocenters.